The van der Waals surface area contributed by atoms with E-state index in [4.69, 9.17) is 9.47 Å². The quantitative estimate of drug-likeness (QED) is 0.551. The van der Waals surface area contributed by atoms with Gasteiger partial charge in [0.05, 0.1) is 20.3 Å². The number of hydrogen-bond acceptors (Lipinski definition) is 3. The number of nitrogens with one attached hydrogen (secondary N) is 2. The van der Waals surface area contributed by atoms with Crippen LogP contribution in [0.25, 0.3) is 10.9 Å². The zero-order valence-corrected chi connectivity index (χ0v) is 18.8. The third kappa shape index (κ3) is 3.57. The first-order valence-electron chi connectivity index (χ1n) is 10.8. The van der Waals surface area contributed by atoms with Gasteiger partial charge in [-0.1, -0.05) is 30.5 Å². The summed E-state index contributed by atoms with van der Waals surface area (Å²) in [5, 5.41) is 5.42. The van der Waals surface area contributed by atoms with Gasteiger partial charge < -0.3 is 19.8 Å². The summed E-state index contributed by atoms with van der Waals surface area (Å²) in [6.45, 7) is 2.19. The van der Waals surface area contributed by atoms with Gasteiger partial charge >= 0.3 is 0 Å². The fourth-order valence-corrected chi connectivity index (χ4v) is 5.44. The number of aromatic nitrogens is 1. The number of methoxy groups -OCH3 is 2. The smallest absolute Gasteiger partial charge is 0.160 e. The highest BCUT2D eigenvalue weighted by molar-refractivity contribution is 5.86. The number of benzene rings is 2. The minimum absolute atomic E-state index is 0. The van der Waals surface area contributed by atoms with E-state index in [2.05, 4.69) is 47.6 Å². The molecule has 0 saturated heterocycles. The van der Waals surface area contributed by atoms with Crippen LogP contribution in [0.2, 0.25) is 0 Å². The molecule has 0 spiro atoms. The average molecular weight is 427 g/mol. The van der Waals surface area contributed by atoms with Crippen LogP contribution >= 0.6 is 12.4 Å². The Balaban J connectivity index is 0.00000218. The number of H-pyrrole nitrogens is 1. The van der Waals surface area contributed by atoms with Gasteiger partial charge in [-0.05, 0) is 61.6 Å². The van der Waals surface area contributed by atoms with Crippen molar-refractivity contribution in [3.8, 4) is 11.5 Å². The lowest BCUT2D eigenvalue weighted by Crippen LogP contribution is -2.44. The Morgan fingerprint density at radius 3 is 2.57 bits per heavy atom. The Labute approximate surface area is 184 Å². The monoisotopic (exact) mass is 426 g/mol. The van der Waals surface area contributed by atoms with Crippen molar-refractivity contribution < 1.29 is 9.47 Å². The largest absolute Gasteiger partial charge is 0.493 e. The minimum atomic E-state index is 0. The second-order valence-corrected chi connectivity index (χ2v) is 8.61. The van der Waals surface area contributed by atoms with E-state index in [1.54, 1.807) is 19.8 Å². The summed E-state index contributed by atoms with van der Waals surface area (Å²) in [6, 6.07) is 14.0. The van der Waals surface area contributed by atoms with Crippen molar-refractivity contribution in [1.29, 1.82) is 0 Å². The topological polar surface area (TPSA) is 46.3 Å². The van der Waals surface area contributed by atoms with Crippen LogP contribution in [0.4, 0.5) is 0 Å². The van der Waals surface area contributed by atoms with Gasteiger partial charge in [-0.25, -0.2) is 0 Å². The van der Waals surface area contributed by atoms with E-state index in [1.807, 2.05) is 6.07 Å². The van der Waals surface area contributed by atoms with E-state index in [0.29, 0.717) is 12.0 Å². The second kappa shape index (κ2) is 8.52. The highest BCUT2D eigenvalue weighted by Crippen LogP contribution is 2.45. The van der Waals surface area contributed by atoms with Crippen molar-refractivity contribution in [3.05, 3.63) is 58.8 Å². The molecule has 1 fully saturated rings. The zero-order chi connectivity index (χ0) is 20.0. The van der Waals surface area contributed by atoms with E-state index < -0.39 is 0 Å². The van der Waals surface area contributed by atoms with Gasteiger partial charge in [0.25, 0.3) is 0 Å². The summed E-state index contributed by atoms with van der Waals surface area (Å²) in [5.74, 6) is 2.20. The standard InChI is InChI=1S/C25H30N2O2.ClH/c1-15-8-10-20-18(12-15)24-17-6-4-5-7-19(17)26-21(25(24)27-20)13-16-9-11-22(28-2)23(14-16)29-3;/h8-12,14,17,19,21,26-27H,4-7,13H2,1-3H3;1H. The van der Waals surface area contributed by atoms with Crippen molar-refractivity contribution in [3.63, 3.8) is 0 Å². The van der Waals surface area contributed by atoms with E-state index in [1.165, 1.54) is 53.4 Å². The number of halogens is 1. The predicted molar refractivity (Wildman–Crippen MR) is 124 cm³/mol. The molecule has 1 aromatic heterocycles. The Kier molecular flexibility index (Phi) is 5.99. The SMILES string of the molecule is COc1ccc(CC2NC3CCCCC3c3c2[nH]c2ccc(C)cc32)cc1OC.Cl. The van der Waals surface area contributed by atoms with Gasteiger partial charge in [-0.15, -0.1) is 12.4 Å². The zero-order valence-electron chi connectivity index (χ0n) is 18.0. The molecular weight excluding hydrogens is 396 g/mol. The van der Waals surface area contributed by atoms with Crippen LogP contribution in [-0.4, -0.2) is 25.2 Å². The third-order valence-corrected chi connectivity index (χ3v) is 6.81. The molecule has 3 unspecified atom stereocenters. The molecule has 5 heteroatoms. The Bertz CT molecular complexity index is 1050. The maximum Gasteiger partial charge on any atom is 0.160 e. The first kappa shape index (κ1) is 21.1. The molecule has 3 aromatic rings. The summed E-state index contributed by atoms with van der Waals surface area (Å²) in [6.07, 6.45) is 6.15. The molecule has 2 aromatic carbocycles. The number of rotatable bonds is 4. The average Bonchev–Trinajstić information content (AvgIpc) is 3.13. The normalized spacial score (nSPS) is 22.7. The van der Waals surface area contributed by atoms with Crippen LogP contribution in [-0.2, 0) is 6.42 Å². The maximum absolute atomic E-state index is 5.53. The van der Waals surface area contributed by atoms with Crippen LogP contribution in [0.5, 0.6) is 11.5 Å². The molecule has 0 radical (unpaired) electrons. The van der Waals surface area contributed by atoms with E-state index in [0.717, 1.165) is 17.9 Å². The summed E-state index contributed by atoms with van der Waals surface area (Å²) in [4.78, 5) is 3.78. The lowest BCUT2D eigenvalue weighted by molar-refractivity contribution is 0.274. The summed E-state index contributed by atoms with van der Waals surface area (Å²) in [7, 11) is 3.38. The Morgan fingerprint density at radius 2 is 1.77 bits per heavy atom. The molecule has 1 aliphatic heterocycles. The molecular formula is C25H31ClN2O2. The number of fused-ring (bicyclic) bond motifs is 5. The molecule has 1 aliphatic carbocycles. The van der Waals surface area contributed by atoms with Crippen LogP contribution in [0, 0.1) is 6.92 Å². The number of ether oxygens (including phenoxy) is 2. The van der Waals surface area contributed by atoms with Crippen molar-refractivity contribution >= 4 is 23.3 Å². The summed E-state index contributed by atoms with van der Waals surface area (Å²) in [5.41, 5.74) is 6.81. The molecule has 2 N–H and O–H groups in total. The molecule has 2 heterocycles. The van der Waals surface area contributed by atoms with Gasteiger partial charge in [-0.3, -0.25) is 0 Å². The van der Waals surface area contributed by atoms with Gasteiger partial charge in [0.1, 0.15) is 0 Å². The summed E-state index contributed by atoms with van der Waals surface area (Å²) >= 11 is 0. The van der Waals surface area contributed by atoms with Gasteiger partial charge in [-0.2, -0.15) is 0 Å². The molecule has 2 aliphatic rings. The van der Waals surface area contributed by atoms with E-state index in [-0.39, 0.29) is 18.4 Å². The predicted octanol–water partition coefficient (Wildman–Crippen LogP) is 5.83. The van der Waals surface area contributed by atoms with Crippen LogP contribution in [0.1, 0.15) is 60.0 Å². The first-order valence-corrected chi connectivity index (χ1v) is 10.8. The van der Waals surface area contributed by atoms with Gasteiger partial charge in [0, 0.05) is 28.6 Å². The van der Waals surface area contributed by atoms with Gasteiger partial charge in [0.15, 0.2) is 11.5 Å². The van der Waals surface area contributed by atoms with Crippen molar-refractivity contribution in [2.45, 2.75) is 57.0 Å². The maximum atomic E-state index is 5.53. The highest BCUT2D eigenvalue weighted by atomic mass is 35.5. The minimum Gasteiger partial charge on any atom is -0.493 e. The second-order valence-electron chi connectivity index (χ2n) is 8.61. The summed E-state index contributed by atoms with van der Waals surface area (Å²) < 4.78 is 10.9. The van der Waals surface area contributed by atoms with Crippen molar-refractivity contribution in [1.82, 2.24) is 10.3 Å². The van der Waals surface area contributed by atoms with E-state index in [9.17, 15) is 0 Å². The van der Waals surface area contributed by atoms with Crippen LogP contribution < -0.4 is 14.8 Å². The fourth-order valence-electron chi connectivity index (χ4n) is 5.44. The Hall–Kier alpha value is -2.17. The van der Waals surface area contributed by atoms with Crippen LogP contribution in [0.3, 0.4) is 0 Å². The Morgan fingerprint density at radius 1 is 0.967 bits per heavy atom. The molecule has 30 heavy (non-hydrogen) atoms. The van der Waals surface area contributed by atoms with Gasteiger partial charge in [0.2, 0.25) is 0 Å². The molecule has 1 saturated carbocycles. The highest BCUT2D eigenvalue weighted by Gasteiger charge is 2.38. The third-order valence-electron chi connectivity index (χ3n) is 6.81. The first-order chi connectivity index (χ1) is 14.2. The lowest BCUT2D eigenvalue weighted by Gasteiger charge is -2.41. The van der Waals surface area contributed by atoms with Crippen LogP contribution in [0.15, 0.2) is 36.4 Å². The van der Waals surface area contributed by atoms with E-state index >= 15 is 0 Å². The number of aromatic amines is 1. The molecule has 3 atom stereocenters. The fraction of sp³-hybridized carbons (Fsp3) is 0.440. The molecule has 4 nitrogen and oxygen atoms in total. The molecule has 0 bridgehead atoms. The lowest BCUT2D eigenvalue weighted by atomic mass is 9.74. The number of hydrogen-bond donors (Lipinski definition) is 2. The molecule has 0 amide bonds. The van der Waals surface area contributed by atoms with Crippen molar-refractivity contribution in [2.75, 3.05) is 14.2 Å². The number of aryl methyl sites for hydroxylation is 1. The molecule has 160 valence electrons. The molecule has 5 rings (SSSR count). The van der Waals surface area contributed by atoms with Crippen molar-refractivity contribution in [2.24, 2.45) is 0 Å².